The van der Waals surface area contributed by atoms with Gasteiger partial charge in [-0.2, -0.15) is 0 Å². The first-order chi connectivity index (χ1) is 8.90. The van der Waals surface area contributed by atoms with Gasteiger partial charge in [0.1, 0.15) is 5.75 Å². The van der Waals surface area contributed by atoms with Crippen molar-refractivity contribution in [3.05, 3.63) is 41.0 Å². The summed E-state index contributed by atoms with van der Waals surface area (Å²) in [6.45, 7) is 13.8. The minimum atomic E-state index is 0.117. The Morgan fingerprint density at radius 2 is 1.89 bits per heavy atom. The van der Waals surface area contributed by atoms with E-state index in [0.717, 1.165) is 25.2 Å². The number of rotatable bonds is 5. The third-order valence-corrected chi connectivity index (χ3v) is 3.22. The van der Waals surface area contributed by atoms with E-state index in [2.05, 4.69) is 65.8 Å². The van der Waals surface area contributed by atoms with Crippen molar-refractivity contribution in [3.8, 4) is 5.75 Å². The molecule has 0 N–H and O–H groups in total. The predicted molar refractivity (Wildman–Crippen MR) is 84.2 cm³/mol. The molecule has 0 amide bonds. The van der Waals surface area contributed by atoms with Crippen LogP contribution in [0.4, 0.5) is 0 Å². The number of hydrogen-bond acceptors (Lipinski definition) is 1. The van der Waals surface area contributed by atoms with E-state index < -0.39 is 0 Å². The molecular formula is C18H28O. The molecule has 0 radical (unpaired) electrons. The van der Waals surface area contributed by atoms with Crippen molar-refractivity contribution < 1.29 is 4.74 Å². The van der Waals surface area contributed by atoms with Gasteiger partial charge in [0.05, 0.1) is 6.61 Å². The second-order valence-corrected chi connectivity index (χ2v) is 6.09. The average molecular weight is 260 g/mol. The topological polar surface area (TPSA) is 9.23 Å². The molecule has 0 aliphatic carbocycles. The molecule has 0 aliphatic rings. The van der Waals surface area contributed by atoms with Crippen molar-refractivity contribution in [2.45, 2.75) is 59.8 Å². The monoisotopic (exact) mass is 260 g/mol. The molecular weight excluding hydrogens is 232 g/mol. The van der Waals surface area contributed by atoms with Gasteiger partial charge >= 0.3 is 0 Å². The molecule has 106 valence electrons. The first-order valence-electron chi connectivity index (χ1n) is 7.28. The molecule has 1 rings (SSSR count). The fourth-order valence-electron chi connectivity index (χ4n) is 2.31. The highest BCUT2D eigenvalue weighted by atomic mass is 16.5. The van der Waals surface area contributed by atoms with Crippen molar-refractivity contribution in [1.29, 1.82) is 0 Å². The Bertz CT molecular complexity index is 436. The molecule has 19 heavy (non-hydrogen) atoms. The van der Waals surface area contributed by atoms with Crippen LogP contribution in [0, 0.1) is 6.92 Å². The van der Waals surface area contributed by atoms with Crippen molar-refractivity contribution in [1.82, 2.24) is 0 Å². The molecule has 0 fully saturated rings. The van der Waals surface area contributed by atoms with Gasteiger partial charge in [-0.1, -0.05) is 50.6 Å². The number of ether oxygens (including phenoxy) is 1. The molecule has 0 atom stereocenters. The van der Waals surface area contributed by atoms with Crippen LogP contribution in [0.5, 0.6) is 5.75 Å². The molecule has 1 nitrogen and oxygen atoms in total. The third-order valence-electron chi connectivity index (χ3n) is 3.22. The minimum Gasteiger partial charge on any atom is -0.493 e. The standard InChI is InChI=1S/C18H28O/c1-7-9-10-11-15-12-14(3)13-16(18(4,5)6)17(15)19-8-2/h7,9,12-13H,8,10-11H2,1-6H3/b9-7-. The van der Waals surface area contributed by atoms with Gasteiger partial charge < -0.3 is 4.74 Å². The highest BCUT2D eigenvalue weighted by molar-refractivity contribution is 5.48. The molecule has 1 heteroatoms. The van der Waals surface area contributed by atoms with Crippen molar-refractivity contribution in [2.24, 2.45) is 0 Å². The highest BCUT2D eigenvalue weighted by Gasteiger charge is 2.21. The van der Waals surface area contributed by atoms with Gasteiger partial charge in [0, 0.05) is 5.56 Å². The largest absolute Gasteiger partial charge is 0.493 e. The maximum atomic E-state index is 5.96. The van der Waals surface area contributed by atoms with Crippen LogP contribution in [0.2, 0.25) is 0 Å². The zero-order valence-corrected chi connectivity index (χ0v) is 13.3. The first kappa shape index (κ1) is 15.8. The second kappa shape index (κ2) is 6.79. The van der Waals surface area contributed by atoms with E-state index in [0.29, 0.717) is 0 Å². The Morgan fingerprint density at radius 1 is 1.21 bits per heavy atom. The predicted octanol–water partition coefficient (Wildman–Crippen LogP) is 5.20. The number of hydrogen-bond donors (Lipinski definition) is 0. The molecule has 1 aromatic carbocycles. The van der Waals surface area contributed by atoms with Gasteiger partial charge in [0.15, 0.2) is 0 Å². The molecule has 0 unspecified atom stereocenters. The van der Waals surface area contributed by atoms with Crippen LogP contribution in [-0.4, -0.2) is 6.61 Å². The van der Waals surface area contributed by atoms with Gasteiger partial charge in [-0.25, -0.2) is 0 Å². The summed E-state index contributed by atoms with van der Waals surface area (Å²) in [4.78, 5) is 0. The lowest BCUT2D eigenvalue weighted by Crippen LogP contribution is -2.15. The zero-order valence-electron chi connectivity index (χ0n) is 13.3. The van der Waals surface area contributed by atoms with E-state index in [-0.39, 0.29) is 5.41 Å². The Balaban J connectivity index is 3.23. The van der Waals surface area contributed by atoms with E-state index in [1.807, 2.05) is 0 Å². The number of aryl methyl sites for hydroxylation is 2. The lowest BCUT2D eigenvalue weighted by molar-refractivity contribution is 0.326. The minimum absolute atomic E-state index is 0.117. The number of benzene rings is 1. The van der Waals surface area contributed by atoms with E-state index in [1.54, 1.807) is 0 Å². The summed E-state index contributed by atoms with van der Waals surface area (Å²) in [5, 5.41) is 0. The lowest BCUT2D eigenvalue weighted by Gasteiger charge is -2.25. The lowest BCUT2D eigenvalue weighted by atomic mass is 9.83. The van der Waals surface area contributed by atoms with Gasteiger partial charge in [-0.15, -0.1) is 0 Å². The van der Waals surface area contributed by atoms with Crippen molar-refractivity contribution in [2.75, 3.05) is 6.61 Å². The van der Waals surface area contributed by atoms with E-state index >= 15 is 0 Å². The zero-order chi connectivity index (χ0) is 14.5. The normalized spacial score (nSPS) is 12.1. The smallest absolute Gasteiger partial charge is 0.126 e. The average Bonchev–Trinajstić information content (AvgIpc) is 2.31. The molecule has 0 spiro atoms. The molecule has 0 saturated heterocycles. The molecule has 0 aromatic heterocycles. The fraction of sp³-hybridized carbons (Fsp3) is 0.556. The van der Waals surface area contributed by atoms with Crippen LogP contribution >= 0.6 is 0 Å². The van der Waals surface area contributed by atoms with E-state index in [4.69, 9.17) is 4.74 Å². The molecule has 0 aliphatic heterocycles. The summed E-state index contributed by atoms with van der Waals surface area (Å²) >= 11 is 0. The summed E-state index contributed by atoms with van der Waals surface area (Å²) in [5.41, 5.74) is 4.10. The molecule has 0 bridgehead atoms. The van der Waals surface area contributed by atoms with Gasteiger partial charge in [0.2, 0.25) is 0 Å². The first-order valence-corrected chi connectivity index (χ1v) is 7.28. The van der Waals surface area contributed by atoms with Crippen LogP contribution in [-0.2, 0) is 11.8 Å². The maximum absolute atomic E-state index is 5.96. The van der Waals surface area contributed by atoms with Crippen LogP contribution in [0.1, 0.15) is 57.7 Å². The SMILES string of the molecule is C/C=C\CCc1cc(C)cc(C(C)(C)C)c1OCC. The number of allylic oxidation sites excluding steroid dienone is 2. The Kier molecular flexibility index (Phi) is 5.65. The quantitative estimate of drug-likeness (QED) is 0.661. The Hall–Kier alpha value is -1.24. The van der Waals surface area contributed by atoms with Crippen molar-refractivity contribution >= 4 is 0 Å². The Labute approximate surface area is 118 Å². The summed E-state index contributed by atoms with van der Waals surface area (Å²) < 4.78 is 5.96. The van der Waals surface area contributed by atoms with Crippen LogP contribution in [0.25, 0.3) is 0 Å². The van der Waals surface area contributed by atoms with Crippen molar-refractivity contribution in [3.63, 3.8) is 0 Å². The van der Waals surface area contributed by atoms with E-state index in [1.165, 1.54) is 16.7 Å². The summed E-state index contributed by atoms with van der Waals surface area (Å²) in [6.07, 6.45) is 6.45. The molecule has 1 aromatic rings. The summed E-state index contributed by atoms with van der Waals surface area (Å²) in [6, 6.07) is 4.54. The van der Waals surface area contributed by atoms with Gasteiger partial charge in [0.25, 0.3) is 0 Å². The van der Waals surface area contributed by atoms with Gasteiger partial charge in [-0.3, -0.25) is 0 Å². The van der Waals surface area contributed by atoms with Crippen LogP contribution < -0.4 is 4.74 Å². The van der Waals surface area contributed by atoms with Gasteiger partial charge in [-0.05, 0) is 44.6 Å². The third kappa shape index (κ3) is 4.41. The highest BCUT2D eigenvalue weighted by Crippen LogP contribution is 2.36. The van der Waals surface area contributed by atoms with Crippen LogP contribution in [0.3, 0.4) is 0 Å². The maximum Gasteiger partial charge on any atom is 0.126 e. The van der Waals surface area contributed by atoms with Crippen LogP contribution in [0.15, 0.2) is 24.3 Å². The Morgan fingerprint density at radius 3 is 2.42 bits per heavy atom. The molecule has 0 heterocycles. The van der Waals surface area contributed by atoms with E-state index in [9.17, 15) is 0 Å². The second-order valence-electron chi connectivity index (χ2n) is 6.09. The summed E-state index contributed by atoms with van der Waals surface area (Å²) in [5.74, 6) is 1.10. The molecule has 0 saturated carbocycles. The fourth-order valence-corrected chi connectivity index (χ4v) is 2.31. The summed E-state index contributed by atoms with van der Waals surface area (Å²) in [7, 11) is 0.